The molecule has 2 N–H and O–H groups in total. The Morgan fingerprint density at radius 2 is 1.86 bits per heavy atom. The third kappa shape index (κ3) is 3.83. The molecule has 0 aliphatic carbocycles. The van der Waals surface area contributed by atoms with Crippen LogP contribution in [0.4, 0.5) is 5.95 Å². The summed E-state index contributed by atoms with van der Waals surface area (Å²) >= 11 is 0. The van der Waals surface area contributed by atoms with Gasteiger partial charge in [-0.2, -0.15) is 0 Å². The second kappa shape index (κ2) is 7.44. The van der Waals surface area contributed by atoms with Gasteiger partial charge in [0.2, 0.25) is 16.0 Å². The zero-order chi connectivity index (χ0) is 19.7. The van der Waals surface area contributed by atoms with E-state index < -0.39 is 16.1 Å². The number of aromatic amines is 1. The Morgan fingerprint density at radius 3 is 2.61 bits per heavy atom. The maximum atomic E-state index is 12.8. The van der Waals surface area contributed by atoms with Gasteiger partial charge in [0.05, 0.1) is 16.6 Å². The van der Waals surface area contributed by atoms with Gasteiger partial charge in [0.25, 0.3) is 5.56 Å². The first kappa shape index (κ1) is 18.8. The van der Waals surface area contributed by atoms with E-state index in [0.717, 1.165) is 25.9 Å². The Morgan fingerprint density at radius 1 is 1.14 bits per heavy atom. The normalized spacial score (nSPS) is 17.5. The van der Waals surface area contributed by atoms with Crippen LogP contribution in [0.5, 0.6) is 11.5 Å². The summed E-state index contributed by atoms with van der Waals surface area (Å²) in [6.45, 7) is 4.11. The maximum Gasteiger partial charge on any atom is 0.252 e. The van der Waals surface area contributed by atoms with Gasteiger partial charge in [-0.3, -0.25) is 9.78 Å². The first-order valence-electron chi connectivity index (χ1n) is 9.20. The number of hydrogen-bond acceptors (Lipinski definition) is 7. The molecule has 1 aromatic carbocycles. The van der Waals surface area contributed by atoms with Crippen LogP contribution in [0.25, 0.3) is 0 Å². The minimum atomic E-state index is -3.84. The van der Waals surface area contributed by atoms with Crippen molar-refractivity contribution in [1.29, 1.82) is 0 Å². The van der Waals surface area contributed by atoms with Gasteiger partial charge in [-0.05, 0) is 31.9 Å². The molecule has 0 saturated carbocycles. The molecule has 2 aliphatic heterocycles. The van der Waals surface area contributed by atoms with Crippen LogP contribution in [0.3, 0.4) is 0 Å². The molecule has 1 atom stereocenters. The second-order valence-corrected chi connectivity index (χ2v) is 8.55. The lowest BCUT2D eigenvalue weighted by molar-refractivity contribution is 0.171. The second-order valence-electron chi connectivity index (χ2n) is 6.84. The molecule has 1 saturated heterocycles. The fourth-order valence-corrected chi connectivity index (χ4v) is 4.55. The summed E-state index contributed by atoms with van der Waals surface area (Å²) in [6.07, 6.45) is 2.08. The van der Waals surface area contributed by atoms with Crippen molar-refractivity contribution in [3.8, 4) is 11.5 Å². The van der Waals surface area contributed by atoms with Crippen LogP contribution in [-0.4, -0.2) is 44.7 Å². The predicted octanol–water partition coefficient (Wildman–Crippen LogP) is 1.18. The third-order valence-electron chi connectivity index (χ3n) is 4.75. The summed E-state index contributed by atoms with van der Waals surface area (Å²) in [5.74, 6) is 1.39. The van der Waals surface area contributed by atoms with Crippen molar-refractivity contribution in [2.24, 2.45) is 0 Å². The third-order valence-corrected chi connectivity index (χ3v) is 6.29. The van der Waals surface area contributed by atoms with Crippen molar-refractivity contribution in [2.75, 3.05) is 31.2 Å². The van der Waals surface area contributed by atoms with Crippen LogP contribution in [0.1, 0.15) is 31.5 Å². The standard InChI is InChI=1S/C18H22N4O5S/c1-12(14-11-17(23)20-18(19-14)22-6-2-3-7-22)21-28(24,25)13-4-5-15-16(10-13)27-9-8-26-15/h4-5,10-12,21H,2-3,6-9H2,1H3,(H,19,20,23)/t12-/m0/s1. The van der Waals surface area contributed by atoms with Gasteiger partial charge in [0.1, 0.15) is 13.2 Å². The molecule has 28 heavy (non-hydrogen) atoms. The van der Waals surface area contributed by atoms with E-state index in [9.17, 15) is 13.2 Å². The highest BCUT2D eigenvalue weighted by Crippen LogP contribution is 2.32. The monoisotopic (exact) mass is 406 g/mol. The van der Waals surface area contributed by atoms with Crippen molar-refractivity contribution in [1.82, 2.24) is 14.7 Å². The first-order valence-corrected chi connectivity index (χ1v) is 10.7. The van der Waals surface area contributed by atoms with E-state index in [1.54, 1.807) is 13.0 Å². The van der Waals surface area contributed by atoms with Crippen LogP contribution in [0.15, 0.2) is 34.0 Å². The number of nitrogens with one attached hydrogen (secondary N) is 2. The lowest BCUT2D eigenvalue weighted by Crippen LogP contribution is -2.30. The van der Waals surface area contributed by atoms with Crippen molar-refractivity contribution in [2.45, 2.75) is 30.7 Å². The van der Waals surface area contributed by atoms with E-state index in [2.05, 4.69) is 14.7 Å². The molecule has 3 heterocycles. The molecule has 2 aromatic rings. The molecule has 10 heteroatoms. The molecule has 0 radical (unpaired) electrons. The molecule has 4 rings (SSSR count). The van der Waals surface area contributed by atoms with Crippen LogP contribution in [0.2, 0.25) is 0 Å². The van der Waals surface area contributed by atoms with E-state index in [-0.39, 0.29) is 10.5 Å². The van der Waals surface area contributed by atoms with Gasteiger partial charge < -0.3 is 14.4 Å². The molecule has 0 amide bonds. The number of H-pyrrole nitrogens is 1. The van der Waals surface area contributed by atoms with E-state index in [1.807, 2.05) is 4.90 Å². The number of rotatable bonds is 5. The number of nitrogens with zero attached hydrogens (tertiary/aromatic N) is 2. The SMILES string of the molecule is C[C@H](NS(=O)(=O)c1ccc2c(c1)OCCO2)c1cc(=O)[nH]c(N2CCCC2)n1. The molecule has 2 aliphatic rings. The van der Waals surface area contributed by atoms with Crippen molar-refractivity contribution in [3.05, 3.63) is 40.3 Å². The van der Waals surface area contributed by atoms with Gasteiger partial charge in [-0.1, -0.05) is 0 Å². The highest BCUT2D eigenvalue weighted by Gasteiger charge is 2.23. The van der Waals surface area contributed by atoms with E-state index in [4.69, 9.17) is 9.47 Å². The Labute approximate surface area is 162 Å². The van der Waals surface area contributed by atoms with Crippen molar-refractivity contribution in [3.63, 3.8) is 0 Å². The van der Waals surface area contributed by atoms with Crippen molar-refractivity contribution >= 4 is 16.0 Å². The number of anilines is 1. The van der Waals surface area contributed by atoms with Crippen LogP contribution in [-0.2, 0) is 10.0 Å². The zero-order valence-electron chi connectivity index (χ0n) is 15.5. The van der Waals surface area contributed by atoms with Crippen LogP contribution >= 0.6 is 0 Å². The molecule has 1 fully saturated rings. The maximum absolute atomic E-state index is 12.8. The number of hydrogen-bond donors (Lipinski definition) is 2. The smallest absolute Gasteiger partial charge is 0.252 e. The van der Waals surface area contributed by atoms with E-state index in [1.165, 1.54) is 18.2 Å². The predicted molar refractivity (Wildman–Crippen MR) is 102 cm³/mol. The van der Waals surface area contributed by atoms with Crippen LogP contribution < -0.4 is 24.7 Å². The fraction of sp³-hybridized carbons (Fsp3) is 0.444. The highest BCUT2D eigenvalue weighted by atomic mass is 32.2. The summed E-state index contributed by atoms with van der Waals surface area (Å²) in [4.78, 5) is 21.3. The topological polar surface area (TPSA) is 114 Å². The summed E-state index contributed by atoms with van der Waals surface area (Å²) in [5.41, 5.74) is 0.0593. The number of aromatic nitrogens is 2. The highest BCUT2D eigenvalue weighted by molar-refractivity contribution is 7.89. The number of fused-ring (bicyclic) bond motifs is 1. The van der Waals surface area contributed by atoms with Gasteiger partial charge >= 0.3 is 0 Å². The van der Waals surface area contributed by atoms with Gasteiger partial charge in [-0.15, -0.1) is 0 Å². The molecule has 9 nitrogen and oxygen atoms in total. The molecule has 0 bridgehead atoms. The van der Waals surface area contributed by atoms with E-state index >= 15 is 0 Å². The zero-order valence-corrected chi connectivity index (χ0v) is 16.3. The summed E-state index contributed by atoms with van der Waals surface area (Å²) in [7, 11) is -3.84. The average molecular weight is 406 g/mol. The molecule has 0 unspecified atom stereocenters. The van der Waals surface area contributed by atoms with Crippen molar-refractivity contribution < 1.29 is 17.9 Å². The first-order chi connectivity index (χ1) is 13.4. The lowest BCUT2D eigenvalue weighted by Gasteiger charge is -2.20. The molecule has 1 aromatic heterocycles. The Kier molecular flexibility index (Phi) is 4.98. The Bertz CT molecular complexity index is 1030. The van der Waals surface area contributed by atoms with Gasteiger partial charge in [-0.25, -0.2) is 18.1 Å². The van der Waals surface area contributed by atoms with Gasteiger partial charge in [0, 0.05) is 25.2 Å². The lowest BCUT2D eigenvalue weighted by atomic mass is 10.2. The summed E-state index contributed by atoms with van der Waals surface area (Å²) in [5, 5.41) is 0. The minimum absolute atomic E-state index is 0.0632. The molecular weight excluding hydrogens is 384 g/mol. The quantitative estimate of drug-likeness (QED) is 0.766. The number of sulfonamides is 1. The molecule has 150 valence electrons. The van der Waals surface area contributed by atoms with E-state index in [0.29, 0.717) is 36.4 Å². The minimum Gasteiger partial charge on any atom is -0.486 e. The molecular formula is C18H22N4O5S. The number of benzene rings is 1. The number of ether oxygens (including phenoxy) is 2. The summed E-state index contributed by atoms with van der Waals surface area (Å²) < 4.78 is 39.1. The summed E-state index contributed by atoms with van der Waals surface area (Å²) in [6, 6.07) is 5.11. The Hall–Kier alpha value is -2.59. The largest absolute Gasteiger partial charge is 0.486 e. The fourth-order valence-electron chi connectivity index (χ4n) is 3.32. The Balaban J connectivity index is 1.57. The van der Waals surface area contributed by atoms with Crippen LogP contribution in [0, 0.1) is 0 Å². The molecule has 0 spiro atoms. The average Bonchev–Trinajstić information content (AvgIpc) is 3.21. The van der Waals surface area contributed by atoms with Gasteiger partial charge in [0.15, 0.2) is 11.5 Å².